The molecule has 0 radical (unpaired) electrons. The quantitative estimate of drug-likeness (QED) is 0.776. The molecule has 0 saturated carbocycles. The largest absolute Gasteiger partial charge is 0.384 e. The smallest absolute Gasteiger partial charge is 0.226 e. The van der Waals surface area contributed by atoms with Gasteiger partial charge >= 0.3 is 0 Å². The molecule has 0 spiro atoms. The molecule has 2 aromatic carbocycles. The summed E-state index contributed by atoms with van der Waals surface area (Å²) in [6, 6.07) is 12.2. The zero-order chi connectivity index (χ0) is 16.8. The van der Waals surface area contributed by atoms with E-state index in [-0.39, 0.29) is 10.9 Å². The van der Waals surface area contributed by atoms with Crippen molar-refractivity contribution in [2.75, 3.05) is 17.2 Å². The number of hydrogen-bond donors (Lipinski definition) is 2. The molecule has 0 saturated heterocycles. The van der Waals surface area contributed by atoms with Crippen LogP contribution in [-0.2, 0) is 4.79 Å². The molecular formula is C18H20ClFN2O. The number of hydrogen-bond acceptors (Lipinski definition) is 2. The molecule has 0 aliphatic carbocycles. The summed E-state index contributed by atoms with van der Waals surface area (Å²) < 4.78 is 13.1. The monoisotopic (exact) mass is 334 g/mol. The summed E-state index contributed by atoms with van der Waals surface area (Å²) in [5.41, 5.74) is 2.64. The van der Waals surface area contributed by atoms with Crippen LogP contribution in [0.2, 0.25) is 5.02 Å². The predicted molar refractivity (Wildman–Crippen MR) is 93.7 cm³/mol. The van der Waals surface area contributed by atoms with Crippen molar-refractivity contribution < 1.29 is 9.18 Å². The minimum absolute atomic E-state index is 0.0605. The number of para-hydroxylation sites is 1. The molecule has 2 aromatic rings. The number of halogens is 2. The highest BCUT2D eigenvalue weighted by atomic mass is 35.5. The van der Waals surface area contributed by atoms with E-state index < -0.39 is 5.82 Å². The Hall–Kier alpha value is -2.07. The van der Waals surface area contributed by atoms with Gasteiger partial charge in [0.05, 0.1) is 5.02 Å². The van der Waals surface area contributed by atoms with Gasteiger partial charge in [-0.25, -0.2) is 4.39 Å². The van der Waals surface area contributed by atoms with Crippen LogP contribution in [0.4, 0.5) is 15.8 Å². The van der Waals surface area contributed by atoms with Gasteiger partial charge in [-0.05, 0) is 35.7 Å². The molecular weight excluding hydrogens is 315 g/mol. The number of carbonyl (C=O) groups excluding carboxylic acids is 1. The maximum atomic E-state index is 13.1. The average molecular weight is 335 g/mol. The standard InChI is InChI=1S/C18H20ClFN2O/c1-12(2)14-5-3-4-6-17(14)22-18(23)9-10-21-13-7-8-16(20)15(19)11-13/h3-8,11-12,21H,9-10H2,1-2H3,(H,22,23). The summed E-state index contributed by atoms with van der Waals surface area (Å²) in [5, 5.41) is 6.05. The van der Waals surface area contributed by atoms with Gasteiger partial charge in [0.15, 0.2) is 0 Å². The average Bonchev–Trinajstić information content (AvgIpc) is 2.51. The lowest BCUT2D eigenvalue weighted by Crippen LogP contribution is -2.17. The molecule has 122 valence electrons. The van der Waals surface area contributed by atoms with Crippen molar-refractivity contribution in [3.63, 3.8) is 0 Å². The van der Waals surface area contributed by atoms with E-state index in [0.29, 0.717) is 24.6 Å². The summed E-state index contributed by atoms with van der Waals surface area (Å²) in [4.78, 5) is 12.1. The van der Waals surface area contributed by atoms with Crippen molar-refractivity contribution in [2.45, 2.75) is 26.2 Å². The Balaban J connectivity index is 1.87. The fraction of sp³-hybridized carbons (Fsp3) is 0.278. The molecule has 1 amide bonds. The van der Waals surface area contributed by atoms with Gasteiger partial charge in [0.25, 0.3) is 0 Å². The van der Waals surface area contributed by atoms with Crippen LogP contribution >= 0.6 is 11.6 Å². The number of amides is 1. The van der Waals surface area contributed by atoms with Crippen LogP contribution < -0.4 is 10.6 Å². The van der Waals surface area contributed by atoms with Crippen LogP contribution in [0.25, 0.3) is 0 Å². The van der Waals surface area contributed by atoms with E-state index >= 15 is 0 Å². The first kappa shape index (κ1) is 17.3. The van der Waals surface area contributed by atoms with Crippen LogP contribution in [0.3, 0.4) is 0 Å². The maximum absolute atomic E-state index is 13.1. The fourth-order valence-corrected chi connectivity index (χ4v) is 2.43. The Morgan fingerprint density at radius 3 is 2.65 bits per heavy atom. The molecule has 0 atom stereocenters. The summed E-state index contributed by atoms with van der Waals surface area (Å²) in [7, 11) is 0. The molecule has 0 aromatic heterocycles. The van der Waals surface area contributed by atoms with E-state index in [1.165, 1.54) is 12.1 Å². The van der Waals surface area contributed by atoms with Crippen LogP contribution in [0.5, 0.6) is 0 Å². The second-order valence-corrected chi connectivity index (χ2v) is 6.00. The number of rotatable bonds is 6. The zero-order valence-corrected chi connectivity index (χ0v) is 14.0. The molecule has 3 nitrogen and oxygen atoms in total. The number of carbonyl (C=O) groups is 1. The van der Waals surface area contributed by atoms with Gasteiger partial charge in [-0.1, -0.05) is 43.6 Å². The molecule has 23 heavy (non-hydrogen) atoms. The topological polar surface area (TPSA) is 41.1 Å². The number of anilines is 2. The minimum Gasteiger partial charge on any atom is -0.384 e. The Morgan fingerprint density at radius 2 is 1.96 bits per heavy atom. The van der Waals surface area contributed by atoms with Crippen LogP contribution in [0.15, 0.2) is 42.5 Å². The van der Waals surface area contributed by atoms with E-state index in [0.717, 1.165) is 11.3 Å². The third kappa shape index (κ3) is 4.96. The second kappa shape index (κ2) is 7.97. The second-order valence-electron chi connectivity index (χ2n) is 5.60. The van der Waals surface area contributed by atoms with Gasteiger partial charge in [-0.2, -0.15) is 0 Å². The minimum atomic E-state index is -0.458. The van der Waals surface area contributed by atoms with E-state index in [1.54, 1.807) is 6.07 Å². The van der Waals surface area contributed by atoms with Gasteiger partial charge in [0.2, 0.25) is 5.91 Å². The van der Waals surface area contributed by atoms with Crippen molar-refractivity contribution in [2.24, 2.45) is 0 Å². The van der Waals surface area contributed by atoms with E-state index in [2.05, 4.69) is 24.5 Å². The first-order valence-electron chi connectivity index (χ1n) is 7.55. The van der Waals surface area contributed by atoms with Crippen molar-refractivity contribution >= 4 is 28.9 Å². The summed E-state index contributed by atoms with van der Waals surface area (Å²) >= 11 is 5.72. The lowest BCUT2D eigenvalue weighted by Gasteiger charge is -2.14. The SMILES string of the molecule is CC(C)c1ccccc1NC(=O)CCNc1ccc(F)c(Cl)c1. The van der Waals surface area contributed by atoms with Gasteiger partial charge in [0.1, 0.15) is 5.82 Å². The van der Waals surface area contributed by atoms with E-state index in [1.807, 2.05) is 24.3 Å². The highest BCUT2D eigenvalue weighted by Gasteiger charge is 2.09. The molecule has 0 fully saturated rings. The Labute approximate surface area is 140 Å². The molecule has 0 aliphatic heterocycles. The third-order valence-electron chi connectivity index (χ3n) is 3.46. The van der Waals surface area contributed by atoms with Crippen molar-refractivity contribution in [3.8, 4) is 0 Å². The van der Waals surface area contributed by atoms with Crippen LogP contribution in [-0.4, -0.2) is 12.5 Å². The Bertz CT molecular complexity index is 688. The van der Waals surface area contributed by atoms with E-state index in [4.69, 9.17) is 11.6 Å². The Kier molecular flexibility index (Phi) is 5.99. The van der Waals surface area contributed by atoms with Crippen LogP contribution in [0.1, 0.15) is 31.7 Å². The van der Waals surface area contributed by atoms with Crippen molar-refractivity contribution in [3.05, 3.63) is 58.9 Å². The normalized spacial score (nSPS) is 10.7. The number of benzene rings is 2. The Morgan fingerprint density at radius 1 is 1.22 bits per heavy atom. The molecule has 2 rings (SSSR count). The van der Waals surface area contributed by atoms with Gasteiger partial charge < -0.3 is 10.6 Å². The van der Waals surface area contributed by atoms with Crippen LogP contribution in [0, 0.1) is 5.82 Å². The van der Waals surface area contributed by atoms with Gasteiger partial charge in [0, 0.05) is 24.3 Å². The number of nitrogens with one attached hydrogen (secondary N) is 2. The first-order valence-corrected chi connectivity index (χ1v) is 7.93. The summed E-state index contributed by atoms with van der Waals surface area (Å²) in [5.74, 6) is -0.190. The molecule has 0 unspecified atom stereocenters. The molecule has 0 aliphatic rings. The fourth-order valence-electron chi connectivity index (χ4n) is 2.25. The molecule has 0 bridgehead atoms. The lowest BCUT2D eigenvalue weighted by atomic mass is 10.0. The molecule has 5 heteroatoms. The van der Waals surface area contributed by atoms with Crippen molar-refractivity contribution in [1.82, 2.24) is 0 Å². The van der Waals surface area contributed by atoms with Gasteiger partial charge in [-0.3, -0.25) is 4.79 Å². The van der Waals surface area contributed by atoms with Crippen molar-refractivity contribution in [1.29, 1.82) is 0 Å². The highest BCUT2D eigenvalue weighted by molar-refractivity contribution is 6.31. The van der Waals surface area contributed by atoms with Gasteiger partial charge in [-0.15, -0.1) is 0 Å². The third-order valence-corrected chi connectivity index (χ3v) is 3.75. The maximum Gasteiger partial charge on any atom is 0.226 e. The zero-order valence-electron chi connectivity index (χ0n) is 13.2. The summed E-state index contributed by atoms with van der Waals surface area (Å²) in [6.45, 7) is 4.62. The van der Waals surface area contributed by atoms with E-state index in [9.17, 15) is 9.18 Å². The molecule has 2 N–H and O–H groups in total. The summed E-state index contributed by atoms with van der Waals surface area (Å²) in [6.07, 6.45) is 0.307. The lowest BCUT2D eigenvalue weighted by molar-refractivity contribution is -0.115. The first-order chi connectivity index (χ1) is 11.0. The predicted octanol–water partition coefficient (Wildman–Crippen LogP) is 5.04. The molecule has 0 heterocycles. The highest BCUT2D eigenvalue weighted by Crippen LogP contribution is 2.24.